The van der Waals surface area contributed by atoms with E-state index in [-0.39, 0.29) is 29.1 Å². The molecule has 0 fully saturated rings. The smallest absolute Gasteiger partial charge is 0.264 e. The highest BCUT2D eigenvalue weighted by Gasteiger charge is 2.34. The molecule has 0 spiro atoms. The summed E-state index contributed by atoms with van der Waals surface area (Å²) >= 11 is 0. The maximum Gasteiger partial charge on any atom is 0.264 e. The van der Waals surface area contributed by atoms with Crippen LogP contribution in [-0.2, 0) is 26.2 Å². The minimum atomic E-state index is -4.21. The molecule has 42 heavy (non-hydrogen) atoms. The quantitative estimate of drug-likeness (QED) is 0.303. The normalized spacial score (nSPS) is 12.0. The molecule has 0 heterocycles. The van der Waals surface area contributed by atoms with Gasteiger partial charge >= 0.3 is 0 Å². The number of hydrogen-bond acceptors (Lipinski definition) is 6. The predicted molar refractivity (Wildman–Crippen MR) is 164 cm³/mol. The maximum atomic E-state index is 14.2. The molecule has 0 aliphatic rings. The van der Waals surface area contributed by atoms with E-state index in [1.807, 2.05) is 58.9 Å². The summed E-state index contributed by atoms with van der Waals surface area (Å²) < 4.78 is 40.0. The Morgan fingerprint density at radius 2 is 1.43 bits per heavy atom. The molecule has 0 bridgehead atoms. The van der Waals surface area contributed by atoms with Gasteiger partial charge in [-0.3, -0.25) is 13.9 Å². The number of carbonyl (C=O) groups excluding carboxylic acids is 2. The Kier molecular flexibility index (Phi) is 11.0. The third kappa shape index (κ3) is 7.82. The number of benzene rings is 3. The summed E-state index contributed by atoms with van der Waals surface area (Å²) in [4.78, 5) is 28.9. The van der Waals surface area contributed by atoms with Crippen molar-refractivity contribution in [1.29, 1.82) is 0 Å². The SMILES string of the molecule is CCC(C(=O)NC(C)C)N(Cc1ccc(C)cc1)C(=O)CN(c1ccc(OC)c(OC)c1)S(=O)(=O)c1ccc(C)cc1. The summed E-state index contributed by atoms with van der Waals surface area (Å²) in [7, 11) is -1.27. The van der Waals surface area contributed by atoms with Gasteiger partial charge < -0.3 is 19.7 Å². The Bertz CT molecular complexity index is 1470. The number of ether oxygens (including phenoxy) is 2. The van der Waals surface area contributed by atoms with Crippen LogP contribution in [0, 0.1) is 13.8 Å². The summed E-state index contributed by atoms with van der Waals surface area (Å²) in [6.45, 7) is 8.95. The van der Waals surface area contributed by atoms with E-state index in [0.29, 0.717) is 17.9 Å². The fourth-order valence-electron chi connectivity index (χ4n) is 4.54. The van der Waals surface area contributed by atoms with Crippen LogP contribution in [0.5, 0.6) is 11.5 Å². The molecule has 0 saturated heterocycles. The molecule has 1 atom stereocenters. The number of anilines is 1. The van der Waals surface area contributed by atoms with Crippen molar-refractivity contribution < 1.29 is 27.5 Å². The number of sulfonamides is 1. The Morgan fingerprint density at radius 3 is 1.95 bits per heavy atom. The molecule has 3 rings (SSSR count). The van der Waals surface area contributed by atoms with Crippen molar-refractivity contribution >= 4 is 27.5 Å². The number of carbonyl (C=O) groups is 2. The fraction of sp³-hybridized carbons (Fsp3) is 0.375. The number of nitrogens with one attached hydrogen (secondary N) is 1. The molecule has 1 unspecified atom stereocenters. The monoisotopic (exact) mass is 595 g/mol. The first-order chi connectivity index (χ1) is 19.9. The third-order valence-electron chi connectivity index (χ3n) is 6.83. The van der Waals surface area contributed by atoms with Crippen LogP contribution in [0.15, 0.2) is 71.6 Å². The number of amides is 2. The van der Waals surface area contributed by atoms with E-state index in [4.69, 9.17) is 9.47 Å². The lowest BCUT2D eigenvalue weighted by molar-refractivity contribution is -0.140. The van der Waals surface area contributed by atoms with Crippen molar-refractivity contribution in [2.75, 3.05) is 25.1 Å². The van der Waals surface area contributed by atoms with Crippen LogP contribution in [0.25, 0.3) is 0 Å². The van der Waals surface area contributed by atoms with Crippen molar-refractivity contribution in [3.63, 3.8) is 0 Å². The molecule has 1 N–H and O–H groups in total. The first-order valence-corrected chi connectivity index (χ1v) is 15.3. The highest BCUT2D eigenvalue weighted by molar-refractivity contribution is 7.92. The van der Waals surface area contributed by atoms with Crippen LogP contribution in [-0.4, -0.2) is 58.0 Å². The van der Waals surface area contributed by atoms with E-state index >= 15 is 0 Å². The molecule has 2 amide bonds. The average Bonchev–Trinajstić information content (AvgIpc) is 2.96. The summed E-state index contributed by atoms with van der Waals surface area (Å²) in [5.74, 6) is -0.0951. The van der Waals surface area contributed by atoms with E-state index < -0.39 is 28.5 Å². The van der Waals surface area contributed by atoms with Gasteiger partial charge in [0.2, 0.25) is 11.8 Å². The van der Waals surface area contributed by atoms with Gasteiger partial charge in [-0.05, 0) is 63.9 Å². The largest absolute Gasteiger partial charge is 0.493 e. The highest BCUT2D eigenvalue weighted by Crippen LogP contribution is 2.34. The molecule has 3 aromatic rings. The van der Waals surface area contributed by atoms with Crippen LogP contribution in [0.1, 0.15) is 43.9 Å². The predicted octanol–water partition coefficient (Wildman–Crippen LogP) is 4.85. The molecule has 0 aliphatic heterocycles. The molecule has 226 valence electrons. The summed E-state index contributed by atoms with van der Waals surface area (Å²) in [6, 6.07) is 17.8. The zero-order chi connectivity index (χ0) is 31.0. The van der Waals surface area contributed by atoms with Gasteiger partial charge in [0.25, 0.3) is 10.0 Å². The molecule has 10 heteroatoms. The second kappa shape index (κ2) is 14.2. The van der Waals surface area contributed by atoms with Crippen LogP contribution in [0.3, 0.4) is 0 Å². The number of methoxy groups -OCH3 is 2. The van der Waals surface area contributed by atoms with Gasteiger partial charge in [0, 0.05) is 18.7 Å². The van der Waals surface area contributed by atoms with Crippen LogP contribution < -0.4 is 19.1 Å². The van der Waals surface area contributed by atoms with Gasteiger partial charge in [-0.1, -0.05) is 54.4 Å². The number of nitrogens with zero attached hydrogens (tertiary/aromatic N) is 2. The topological polar surface area (TPSA) is 105 Å². The van der Waals surface area contributed by atoms with Crippen LogP contribution in [0.2, 0.25) is 0 Å². The van der Waals surface area contributed by atoms with E-state index in [0.717, 1.165) is 21.0 Å². The van der Waals surface area contributed by atoms with Gasteiger partial charge in [-0.2, -0.15) is 0 Å². The van der Waals surface area contributed by atoms with Crippen LogP contribution in [0.4, 0.5) is 5.69 Å². The molecule has 9 nitrogen and oxygen atoms in total. The first kappa shape index (κ1) is 32.5. The number of rotatable bonds is 13. The van der Waals surface area contributed by atoms with E-state index in [2.05, 4.69) is 5.32 Å². The van der Waals surface area contributed by atoms with Crippen molar-refractivity contribution in [2.24, 2.45) is 0 Å². The second-order valence-corrected chi connectivity index (χ2v) is 12.3. The molecule has 0 aromatic heterocycles. The van der Waals surface area contributed by atoms with Crippen molar-refractivity contribution in [3.05, 3.63) is 83.4 Å². The fourth-order valence-corrected chi connectivity index (χ4v) is 5.94. The summed E-state index contributed by atoms with van der Waals surface area (Å²) in [5, 5.41) is 2.90. The van der Waals surface area contributed by atoms with E-state index in [1.54, 1.807) is 24.3 Å². The summed E-state index contributed by atoms with van der Waals surface area (Å²) in [5.41, 5.74) is 3.00. The lowest BCUT2D eigenvalue weighted by Gasteiger charge is -2.33. The van der Waals surface area contributed by atoms with E-state index in [1.165, 1.54) is 37.3 Å². The van der Waals surface area contributed by atoms with Gasteiger partial charge in [-0.25, -0.2) is 8.42 Å². The molecule has 0 aliphatic carbocycles. The van der Waals surface area contributed by atoms with Crippen LogP contribution >= 0.6 is 0 Å². The lowest BCUT2D eigenvalue weighted by atomic mass is 10.1. The van der Waals surface area contributed by atoms with Crippen molar-refractivity contribution in [1.82, 2.24) is 10.2 Å². The van der Waals surface area contributed by atoms with Gasteiger partial charge in [0.1, 0.15) is 12.6 Å². The Morgan fingerprint density at radius 1 is 0.857 bits per heavy atom. The van der Waals surface area contributed by atoms with Gasteiger partial charge in [0.15, 0.2) is 11.5 Å². The number of hydrogen-bond donors (Lipinski definition) is 1. The first-order valence-electron chi connectivity index (χ1n) is 13.9. The zero-order valence-corrected chi connectivity index (χ0v) is 26.2. The number of aryl methyl sites for hydroxylation is 2. The standard InChI is InChI=1S/C32H41N3O6S/c1-8-28(32(37)33-22(2)3)34(20-25-13-9-23(4)10-14-25)31(36)21-35(26-15-18-29(40-6)30(19-26)41-7)42(38,39)27-16-11-24(5)12-17-27/h9-19,22,28H,8,20-21H2,1-7H3,(H,33,37). The van der Waals surface area contributed by atoms with Crippen molar-refractivity contribution in [3.8, 4) is 11.5 Å². The Labute approximate surface area is 249 Å². The van der Waals surface area contributed by atoms with E-state index in [9.17, 15) is 18.0 Å². The molecular weight excluding hydrogens is 554 g/mol. The van der Waals surface area contributed by atoms with Gasteiger partial charge in [-0.15, -0.1) is 0 Å². The molecule has 0 saturated carbocycles. The van der Waals surface area contributed by atoms with Gasteiger partial charge in [0.05, 0.1) is 24.8 Å². The molecule has 0 radical (unpaired) electrons. The minimum absolute atomic E-state index is 0.0327. The van der Waals surface area contributed by atoms with Crippen molar-refractivity contribution in [2.45, 2.75) is 64.6 Å². The maximum absolute atomic E-state index is 14.2. The molecular formula is C32H41N3O6S. The zero-order valence-electron chi connectivity index (χ0n) is 25.4. The second-order valence-electron chi connectivity index (χ2n) is 10.5. The Hall–Kier alpha value is -4.05. The average molecular weight is 596 g/mol. The highest BCUT2D eigenvalue weighted by atomic mass is 32.2. The molecule has 3 aromatic carbocycles. The lowest BCUT2D eigenvalue weighted by Crippen LogP contribution is -2.53. The minimum Gasteiger partial charge on any atom is -0.493 e. The summed E-state index contributed by atoms with van der Waals surface area (Å²) in [6.07, 6.45) is 0.344. The third-order valence-corrected chi connectivity index (χ3v) is 8.62. The Balaban J connectivity index is 2.12.